The summed E-state index contributed by atoms with van der Waals surface area (Å²) in [5.41, 5.74) is 3.24. The van der Waals surface area contributed by atoms with Gasteiger partial charge in [-0.1, -0.05) is 24.3 Å². The quantitative estimate of drug-likeness (QED) is 0.631. The average Bonchev–Trinajstić information content (AvgIpc) is 3.23. The Labute approximate surface area is 212 Å². The van der Waals surface area contributed by atoms with E-state index in [0.717, 1.165) is 58.0 Å². The lowest BCUT2D eigenvalue weighted by Crippen LogP contribution is -2.48. The summed E-state index contributed by atoms with van der Waals surface area (Å²) in [4.78, 5) is 19.7. The number of carbonyl (C=O) groups is 1. The van der Waals surface area contributed by atoms with Gasteiger partial charge in [0.1, 0.15) is 24.2 Å². The number of amides is 1. The van der Waals surface area contributed by atoms with Crippen molar-refractivity contribution >= 4 is 5.91 Å². The number of fused-ring (bicyclic) bond motifs is 2. The zero-order chi connectivity index (χ0) is 24.5. The number of rotatable bonds is 7. The van der Waals surface area contributed by atoms with Crippen LogP contribution < -0.4 is 9.47 Å². The summed E-state index contributed by atoms with van der Waals surface area (Å²) in [6, 6.07) is 14.5. The van der Waals surface area contributed by atoms with Crippen molar-refractivity contribution in [2.75, 3.05) is 59.1 Å². The van der Waals surface area contributed by atoms with Crippen LogP contribution in [0.5, 0.6) is 11.5 Å². The first kappa shape index (κ1) is 23.7. The number of carbonyl (C=O) groups excluding carboxylic acids is 1. The molecule has 192 valence electrons. The lowest BCUT2D eigenvalue weighted by Gasteiger charge is -2.34. The third-order valence-corrected chi connectivity index (χ3v) is 7.82. The Morgan fingerprint density at radius 2 is 1.92 bits per heavy atom. The molecule has 4 aliphatic heterocycles. The SMILES string of the molecule is O=C1c2ccc(O[C@@H]3CCN(C4COC4)C3)cc2OCCN1CC(O)CN1CCc2ccccc2C1. The molecule has 8 heteroatoms. The van der Waals surface area contributed by atoms with Crippen LogP contribution >= 0.6 is 0 Å². The second-order valence-electron chi connectivity index (χ2n) is 10.4. The fourth-order valence-electron chi connectivity index (χ4n) is 5.71. The van der Waals surface area contributed by atoms with Gasteiger partial charge < -0.3 is 24.2 Å². The van der Waals surface area contributed by atoms with Crippen molar-refractivity contribution in [1.82, 2.24) is 14.7 Å². The van der Waals surface area contributed by atoms with E-state index >= 15 is 0 Å². The molecule has 1 unspecified atom stereocenters. The van der Waals surface area contributed by atoms with E-state index in [-0.39, 0.29) is 12.0 Å². The number of aliphatic hydroxyl groups is 1. The smallest absolute Gasteiger partial charge is 0.257 e. The number of benzene rings is 2. The summed E-state index contributed by atoms with van der Waals surface area (Å²) in [7, 11) is 0. The summed E-state index contributed by atoms with van der Waals surface area (Å²) in [5.74, 6) is 1.19. The van der Waals surface area contributed by atoms with Gasteiger partial charge in [-0.3, -0.25) is 14.6 Å². The topological polar surface area (TPSA) is 74.7 Å². The van der Waals surface area contributed by atoms with E-state index < -0.39 is 6.10 Å². The zero-order valence-corrected chi connectivity index (χ0v) is 20.7. The van der Waals surface area contributed by atoms with Gasteiger partial charge in [0.2, 0.25) is 0 Å². The Kier molecular flexibility index (Phi) is 6.84. The second-order valence-corrected chi connectivity index (χ2v) is 10.4. The molecule has 0 aliphatic carbocycles. The number of hydrogen-bond donors (Lipinski definition) is 1. The molecule has 2 aromatic rings. The highest BCUT2D eigenvalue weighted by atomic mass is 16.5. The van der Waals surface area contributed by atoms with Crippen LogP contribution in [0.15, 0.2) is 42.5 Å². The standard InChI is InChI=1S/C28H35N3O5/c32-23(15-29-9-7-20-3-1-2-4-21(20)14-29)16-31-11-12-35-27-13-24(5-6-26(27)28(31)33)36-25-8-10-30(17-25)22-18-34-19-22/h1-6,13,22-23,25,32H,7-12,14-19H2/t23?,25-/m1/s1. The Morgan fingerprint density at radius 3 is 2.75 bits per heavy atom. The maximum absolute atomic E-state index is 13.3. The first-order valence-corrected chi connectivity index (χ1v) is 13.1. The Balaban J connectivity index is 1.05. The van der Waals surface area contributed by atoms with Gasteiger partial charge in [-0.05, 0) is 36.1 Å². The first-order valence-electron chi connectivity index (χ1n) is 13.1. The lowest BCUT2D eigenvalue weighted by atomic mass is 10.00. The third kappa shape index (κ3) is 5.09. The molecule has 0 radical (unpaired) electrons. The highest BCUT2D eigenvalue weighted by molar-refractivity contribution is 5.97. The molecular formula is C28H35N3O5. The monoisotopic (exact) mass is 493 g/mol. The van der Waals surface area contributed by atoms with Crippen molar-refractivity contribution in [3.63, 3.8) is 0 Å². The number of nitrogens with zero attached hydrogens (tertiary/aromatic N) is 3. The largest absolute Gasteiger partial charge is 0.491 e. The summed E-state index contributed by atoms with van der Waals surface area (Å²) >= 11 is 0. The Hall–Kier alpha value is -2.65. The van der Waals surface area contributed by atoms with Gasteiger partial charge >= 0.3 is 0 Å². The van der Waals surface area contributed by atoms with Gasteiger partial charge in [0.25, 0.3) is 5.91 Å². The molecule has 0 bridgehead atoms. The van der Waals surface area contributed by atoms with Crippen molar-refractivity contribution in [1.29, 1.82) is 0 Å². The number of ether oxygens (including phenoxy) is 3. The fourth-order valence-corrected chi connectivity index (χ4v) is 5.71. The zero-order valence-electron chi connectivity index (χ0n) is 20.7. The molecule has 8 nitrogen and oxygen atoms in total. The molecule has 4 heterocycles. The van der Waals surface area contributed by atoms with Crippen LogP contribution in [0.2, 0.25) is 0 Å². The van der Waals surface area contributed by atoms with Crippen LogP contribution in [0.25, 0.3) is 0 Å². The third-order valence-electron chi connectivity index (χ3n) is 7.82. The molecule has 1 N–H and O–H groups in total. The van der Waals surface area contributed by atoms with Crippen molar-refractivity contribution in [3.05, 3.63) is 59.2 Å². The van der Waals surface area contributed by atoms with Gasteiger partial charge in [-0.25, -0.2) is 0 Å². The maximum Gasteiger partial charge on any atom is 0.257 e. The highest BCUT2D eigenvalue weighted by Crippen LogP contribution is 2.30. The molecule has 2 aromatic carbocycles. The van der Waals surface area contributed by atoms with E-state index in [1.807, 2.05) is 12.1 Å². The molecule has 6 rings (SSSR count). The molecular weight excluding hydrogens is 458 g/mol. The van der Waals surface area contributed by atoms with Crippen molar-refractivity contribution < 1.29 is 24.1 Å². The molecule has 2 fully saturated rings. The van der Waals surface area contributed by atoms with Crippen LogP contribution in [0, 0.1) is 0 Å². The van der Waals surface area contributed by atoms with Gasteiger partial charge in [-0.15, -0.1) is 0 Å². The fraction of sp³-hybridized carbons (Fsp3) is 0.536. The summed E-state index contributed by atoms with van der Waals surface area (Å²) in [6.07, 6.45) is 1.50. The van der Waals surface area contributed by atoms with Gasteiger partial charge in [0.05, 0.1) is 37.5 Å². The first-order chi connectivity index (χ1) is 17.6. The van der Waals surface area contributed by atoms with Gasteiger partial charge in [0.15, 0.2) is 0 Å². The number of aliphatic hydroxyl groups excluding tert-OH is 1. The summed E-state index contributed by atoms with van der Waals surface area (Å²) in [6.45, 7) is 7.00. The minimum absolute atomic E-state index is 0.103. The molecule has 0 saturated carbocycles. The normalized spacial score (nSPS) is 23.9. The molecule has 4 aliphatic rings. The highest BCUT2D eigenvalue weighted by Gasteiger charge is 2.33. The predicted molar refractivity (Wildman–Crippen MR) is 134 cm³/mol. The van der Waals surface area contributed by atoms with Crippen molar-refractivity contribution in [2.24, 2.45) is 0 Å². The van der Waals surface area contributed by atoms with Crippen molar-refractivity contribution in [2.45, 2.75) is 37.6 Å². The van der Waals surface area contributed by atoms with Crippen LogP contribution in [-0.4, -0.2) is 103 Å². The van der Waals surface area contributed by atoms with Crippen LogP contribution in [0.1, 0.15) is 27.9 Å². The molecule has 1 amide bonds. The maximum atomic E-state index is 13.3. The average molecular weight is 494 g/mol. The van der Waals surface area contributed by atoms with E-state index in [0.29, 0.717) is 43.6 Å². The minimum atomic E-state index is -0.616. The second kappa shape index (κ2) is 10.4. The number of β-amino-alcohol motifs (C(OH)–C–C–N with tert-alkyl or cyclic N) is 1. The Morgan fingerprint density at radius 1 is 1.06 bits per heavy atom. The summed E-state index contributed by atoms with van der Waals surface area (Å²) < 4.78 is 17.5. The van der Waals surface area contributed by atoms with E-state index in [9.17, 15) is 9.90 Å². The van der Waals surface area contributed by atoms with Gasteiger partial charge in [-0.2, -0.15) is 0 Å². The molecule has 36 heavy (non-hydrogen) atoms. The number of likely N-dealkylation sites (tertiary alicyclic amines) is 1. The predicted octanol–water partition coefficient (Wildman–Crippen LogP) is 1.79. The summed E-state index contributed by atoms with van der Waals surface area (Å²) in [5, 5.41) is 10.8. The van der Waals surface area contributed by atoms with E-state index in [1.54, 1.807) is 11.0 Å². The van der Waals surface area contributed by atoms with Crippen molar-refractivity contribution in [3.8, 4) is 11.5 Å². The molecule has 2 atom stereocenters. The van der Waals surface area contributed by atoms with Crippen LogP contribution in [-0.2, 0) is 17.7 Å². The van der Waals surface area contributed by atoms with E-state index in [1.165, 1.54) is 11.1 Å². The molecule has 0 aromatic heterocycles. The Bertz CT molecular complexity index is 1090. The lowest BCUT2D eigenvalue weighted by molar-refractivity contribution is -0.0592. The van der Waals surface area contributed by atoms with Crippen LogP contribution in [0.4, 0.5) is 0 Å². The minimum Gasteiger partial charge on any atom is -0.491 e. The van der Waals surface area contributed by atoms with Crippen LogP contribution in [0.3, 0.4) is 0 Å². The van der Waals surface area contributed by atoms with Gasteiger partial charge in [0, 0.05) is 45.3 Å². The van der Waals surface area contributed by atoms with E-state index in [4.69, 9.17) is 14.2 Å². The number of hydrogen-bond acceptors (Lipinski definition) is 7. The molecule has 2 saturated heterocycles. The van der Waals surface area contributed by atoms with E-state index in [2.05, 4.69) is 34.1 Å². The molecule has 0 spiro atoms.